The lowest BCUT2D eigenvalue weighted by Gasteiger charge is -2.31. The van der Waals surface area contributed by atoms with Gasteiger partial charge in [-0.15, -0.1) is 0 Å². The summed E-state index contributed by atoms with van der Waals surface area (Å²) in [6.45, 7) is 13.7. The molecule has 4 N–H and O–H groups in total. The van der Waals surface area contributed by atoms with Gasteiger partial charge in [-0.3, -0.25) is 0 Å². The molecule has 0 aromatic carbocycles. The largest absolute Gasteiger partial charge is 0.365 e. The summed E-state index contributed by atoms with van der Waals surface area (Å²) in [5, 5.41) is 13.7. The molecule has 2 aliphatic rings. The lowest BCUT2D eigenvalue weighted by molar-refractivity contribution is 0.412. The van der Waals surface area contributed by atoms with E-state index in [0.717, 1.165) is 93.7 Å². The van der Waals surface area contributed by atoms with Gasteiger partial charge in [-0.2, -0.15) is 9.97 Å². The molecule has 0 atom stereocenters. The van der Waals surface area contributed by atoms with Crippen molar-refractivity contribution in [1.82, 2.24) is 35.5 Å². The Hall–Kier alpha value is -2.76. The van der Waals surface area contributed by atoms with E-state index in [1.54, 1.807) is 0 Å². The highest BCUT2D eigenvalue weighted by Gasteiger charge is 2.21. The van der Waals surface area contributed by atoms with Crippen LogP contribution in [0.3, 0.4) is 0 Å². The number of likely N-dealkylation sites (N-methyl/N-ethyl adjacent to an activating group) is 2. The lowest BCUT2D eigenvalue weighted by atomic mass is 10.1. The Labute approximate surface area is 221 Å². The third-order valence-corrected chi connectivity index (χ3v) is 6.87. The smallest absolute Gasteiger partial charge is 0.227 e. The molecule has 2 aliphatic heterocycles. The number of hydrogen-bond donors (Lipinski definition) is 4. The standard InChI is InChI=1S/C26H45N11/c1-7-19-12-23(29-20-14-27-15-20)33-25(31-19)36(6)9-11-37(10-8-35(4)5)26-32-22(18(2)3)13-24(34-26)30-21-16-28-17-21/h12-13,18,20-21,27-28H,7-11,14-17H2,1-6H3,(H,29,31,33)(H,30,32,34). The van der Waals surface area contributed by atoms with E-state index in [0.29, 0.717) is 18.0 Å². The van der Waals surface area contributed by atoms with Crippen LogP contribution in [0.1, 0.15) is 38.1 Å². The molecule has 204 valence electrons. The van der Waals surface area contributed by atoms with E-state index in [-0.39, 0.29) is 0 Å². The van der Waals surface area contributed by atoms with Crippen LogP contribution in [0.5, 0.6) is 0 Å². The number of aromatic nitrogens is 4. The second kappa shape index (κ2) is 12.7. The average Bonchev–Trinajstić information content (AvgIpc) is 2.83. The number of hydrogen-bond acceptors (Lipinski definition) is 11. The van der Waals surface area contributed by atoms with Crippen molar-refractivity contribution in [2.24, 2.45) is 0 Å². The Morgan fingerprint density at radius 3 is 1.95 bits per heavy atom. The van der Waals surface area contributed by atoms with Crippen LogP contribution >= 0.6 is 0 Å². The quantitative estimate of drug-likeness (QED) is 0.294. The van der Waals surface area contributed by atoms with Crippen molar-refractivity contribution in [3.63, 3.8) is 0 Å². The molecule has 2 saturated heterocycles. The summed E-state index contributed by atoms with van der Waals surface area (Å²) >= 11 is 0. The van der Waals surface area contributed by atoms with Crippen LogP contribution in [0.2, 0.25) is 0 Å². The Kier molecular flexibility index (Phi) is 9.33. The van der Waals surface area contributed by atoms with Crippen molar-refractivity contribution in [2.45, 2.75) is 45.2 Å². The Morgan fingerprint density at radius 2 is 1.41 bits per heavy atom. The van der Waals surface area contributed by atoms with Crippen molar-refractivity contribution in [3.8, 4) is 0 Å². The third-order valence-electron chi connectivity index (χ3n) is 6.87. The van der Waals surface area contributed by atoms with Gasteiger partial charge in [0, 0.05) is 77.2 Å². The highest BCUT2D eigenvalue weighted by Crippen LogP contribution is 2.21. The summed E-state index contributed by atoms with van der Waals surface area (Å²) < 4.78 is 0. The van der Waals surface area contributed by atoms with Crippen LogP contribution in [-0.2, 0) is 6.42 Å². The zero-order chi connectivity index (χ0) is 26.4. The molecule has 0 saturated carbocycles. The Morgan fingerprint density at radius 1 is 0.811 bits per heavy atom. The summed E-state index contributed by atoms with van der Waals surface area (Å²) in [7, 11) is 6.26. The molecule has 0 unspecified atom stereocenters. The zero-order valence-corrected chi connectivity index (χ0v) is 23.4. The fourth-order valence-electron chi connectivity index (χ4n) is 4.08. The molecule has 11 nitrogen and oxygen atoms in total. The van der Waals surface area contributed by atoms with Gasteiger partial charge in [0.1, 0.15) is 11.6 Å². The van der Waals surface area contributed by atoms with Gasteiger partial charge in [0.2, 0.25) is 11.9 Å². The predicted octanol–water partition coefficient (Wildman–Crippen LogP) is 1.22. The molecule has 11 heteroatoms. The van der Waals surface area contributed by atoms with Gasteiger partial charge < -0.3 is 36.0 Å². The third kappa shape index (κ3) is 7.62. The fourth-order valence-corrected chi connectivity index (χ4v) is 4.08. The monoisotopic (exact) mass is 511 g/mol. The number of nitrogens with zero attached hydrogens (tertiary/aromatic N) is 7. The van der Waals surface area contributed by atoms with Gasteiger partial charge in [0.05, 0.1) is 17.8 Å². The average molecular weight is 512 g/mol. The molecule has 2 aromatic rings. The van der Waals surface area contributed by atoms with Gasteiger partial charge in [0.25, 0.3) is 0 Å². The maximum atomic E-state index is 4.98. The first kappa shape index (κ1) is 27.3. The van der Waals surface area contributed by atoms with Gasteiger partial charge >= 0.3 is 0 Å². The normalized spacial score (nSPS) is 16.0. The number of rotatable bonds is 14. The first-order valence-corrected chi connectivity index (χ1v) is 13.6. The number of aryl methyl sites for hydroxylation is 1. The van der Waals surface area contributed by atoms with E-state index in [1.165, 1.54) is 0 Å². The number of nitrogens with one attached hydrogen (secondary N) is 4. The van der Waals surface area contributed by atoms with Crippen LogP contribution in [0.15, 0.2) is 12.1 Å². The first-order chi connectivity index (χ1) is 17.8. The van der Waals surface area contributed by atoms with E-state index in [1.807, 2.05) is 0 Å². The van der Waals surface area contributed by atoms with Crippen LogP contribution in [0.4, 0.5) is 23.5 Å². The summed E-state index contributed by atoms with van der Waals surface area (Å²) in [5.74, 6) is 3.65. The summed E-state index contributed by atoms with van der Waals surface area (Å²) in [5.41, 5.74) is 2.11. The van der Waals surface area contributed by atoms with E-state index >= 15 is 0 Å². The van der Waals surface area contributed by atoms with Crippen molar-refractivity contribution >= 4 is 23.5 Å². The first-order valence-electron chi connectivity index (χ1n) is 13.6. The fraction of sp³-hybridized carbons (Fsp3) is 0.692. The molecule has 4 heterocycles. The molecule has 0 aliphatic carbocycles. The summed E-state index contributed by atoms with van der Waals surface area (Å²) in [4.78, 5) is 26.2. The molecule has 0 bridgehead atoms. The molecule has 2 fully saturated rings. The maximum Gasteiger partial charge on any atom is 0.227 e. The van der Waals surface area contributed by atoms with E-state index in [9.17, 15) is 0 Å². The maximum absolute atomic E-state index is 4.98. The van der Waals surface area contributed by atoms with Crippen molar-refractivity contribution in [3.05, 3.63) is 23.5 Å². The summed E-state index contributed by atoms with van der Waals surface area (Å²) in [6, 6.07) is 5.02. The second-order valence-electron chi connectivity index (χ2n) is 10.7. The SMILES string of the molecule is CCc1cc(NC2CNC2)nc(N(C)CCN(CCN(C)C)c2nc(NC3CNC3)cc(C(C)C)n2)n1. The molecule has 0 radical (unpaired) electrons. The number of anilines is 4. The highest BCUT2D eigenvalue weighted by atomic mass is 15.3. The second-order valence-corrected chi connectivity index (χ2v) is 10.7. The molecule has 0 amide bonds. The Bertz CT molecular complexity index is 1000. The minimum Gasteiger partial charge on any atom is -0.365 e. The van der Waals surface area contributed by atoms with Crippen molar-refractivity contribution in [2.75, 3.05) is 93.9 Å². The van der Waals surface area contributed by atoms with Crippen molar-refractivity contribution in [1.29, 1.82) is 0 Å². The molecule has 2 aromatic heterocycles. The van der Waals surface area contributed by atoms with Gasteiger partial charge in [-0.1, -0.05) is 20.8 Å². The lowest BCUT2D eigenvalue weighted by Crippen LogP contribution is -2.51. The Balaban J connectivity index is 1.51. The zero-order valence-electron chi connectivity index (χ0n) is 23.4. The van der Waals surface area contributed by atoms with Gasteiger partial charge in [-0.05, 0) is 26.4 Å². The minimum absolute atomic E-state index is 0.321. The molecular weight excluding hydrogens is 466 g/mol. The van der Waals surface area contributed by atoms with Crippen LogP contribution in [-0.4, -0.2) is 110 Å². The molecule has 4 rings (SSSR count). The van der Waals surface area contributed by atoms with Crippen molar-refractivity contribution < 1.29 is 0 Å². The molecule has 0 spiro atoms. The van der Waals surface area contributed by atoms with Gasteiger partial charge in [0.15, 0.2) is 0 Å². The van der Waals surface area contributed by atoms with E-state index in [4.69, 9.17) is 19.9 Å². The molecular formula is C26H45N11. The van der Waals surface area contributed by atoms with Crippen LogP contribution in [0, 0.1) is 0 Å². The van der Waals surface area contributed by atoms with E-state index < -0.39 is 0 Å². The highest BCUT2D eigenvalue weighted by molar-refractivity contribution is 5.47. The predicted molar refractivity (Wildman–Crippen MR) is 152 cm³/mol. The topological polar surface area (TPSA) is 109 Å². The van der Waals surface area contributed by atoms with Crippen LogP contribution < -0.4 is 31.1 Å². The molecule has 37 heavy (non-hydrogen) atoms. The van der Waals surface area contributed by atoms with E-state index in [2.05, 4.69) is 90.0 Å². The minimum atomic E-state index is 0.321. The summed E-state index contributed by atoms with van der Waals surface area (Å²) in [6.07, 6.45) is 0.873. The van der Waals surface area contributed by atoms with Crippen LogP contribution in [0.25, 0.3) is 0 Å². The van der Waals surface area contributed by atoms with Gasteiger partial charge in [-0.25, -0.2) is 9.97 Å².